The molecule has 128 valence electrons. The summed E-state index contributed by atoms with van der Waals surface area (Å²) < 4.78 is 0. The molecule has 0 aromatic heterocycles. The summed E-state index contributed by atoms with van der Waals surface area (Å²) in [5.41, 5.74) is 12.7. The first kappa shape index (κ1) is 18.3. The Bertz CT molecular complexity index is 530. The fourth-order valence-corrected chi connectivity index (χ4v) is 4.11. The second-order valence-electron chi connectivity index (χ2n) is 7.80. The van der Waals surface area contributed by atoms with Gasteiger partial charge in [0.1, 0.15) is 0 Å². The highest BCUT2D eigenvalue weighted by atomic mass is 14.7. The van der Waals surface area contributed by atoms with Crippen LogP contribution in [0.4, 0.5) is 0 Å². The lowest BCUT2D eigenvalue weighted by atomic mass is 9.74. The minimum atomic E-state index is 0.265. The number of allylic oxidation sites excluding steroid dienone is 7. The van der Waals surface area contributed by atoms with E-state index in [2.05, 4.69) is 58.9 Å². The molecule has 2 aliphatic carbocycles. The van der Waals surface area contributed by atoms with Crippen LogP contribution in [0.15, 0.2) is 46.6 Å². The topological polar surface area (TPSA) is 26.0 Å². The Labute approximate surface area is 143 Å². The summed E-state index contributed by atoms with van der Waals surface area (Å²) in [5, 5.41) is 0. The lowest BCUT2D eigenvalue weighted by molar-refractivity contribution is 0.364. The smallest absolute Gasteiger partial charge is 0.0125 e. The van der Waals surface area contributed by atoms with Gasteiger partial charge in [0, 0.05) is 6.04 Å². The number of hydrogen-bond acceptors (Lipinski definition) is 1. The van der Waals surface area contributed by atoms with Crippen molar-refractivity contribution in [2.24, 2.45) is 23.5 Å². The molecule has 0 aromatic rings. The lowest BCUT2D eigenvalue weighted by Gasteiger charge is -2.33. The minimum absolute atomic E-state index is 0.265. The van der Waals surface area contributed by atoms with Crippen LogP contribution >= 0.6 is 0 Å². The fraction of sp³-hybridized carbons (Fsp3) is 0.636. The molecule has 0 heterocycles. The fourth-order valence-electron chi connectivity index (χ4n) is 4.11. The van der Waals surface area contributed by atoms with Gasteiger partial charge in [0.2, 0.25) is 0 Å². The monoisotopic (exact) mass is 313 g/mol. The van der Waals surface area contributed by atoms with Crippen LogP contribution in [0.1, 0.15) is 66.7 Å². The molecular formula is C22H35N. The van der Waals surface area contributed by atoms with Crippen molar-refractivity contribution in [2.45, 2.75) is 72.8 Å². The highest BCUT2D eigenvalue weighted by Crippen LogP contribution is 2.38. The van der Waals surface area contributed by atoms with Crippen molar-refractivity contribution in [3.05, 3.63) is 46.6 Å². The number of nitrogens with two attached hydrogens (primary N) is 1. The van der Waals surface area contributed by atoms with E-state index in [0.29, 0.717) is 17.8 Å². The molecule has 0 bridgehead atoms. The van der Waals surface area contributed by atoms with Crippen LogP contribution in [0.25, 0.3) is 0 Å². The summed E-state index contributed by atoms with van der Waals surface area (Å²) in [6, 6.07) is 0.265. The van der Waals surface area contributed by atoms with E-state index >= 15 is 0 Å². The third-order valence-corrected chi connectivity index (χ3v) is 5.86. The Kier molecular flexibility index (Phi) is 6.47. The molecule has 1 nitrogen and oxygen atoms in total. The Balaban J connectivity index is 2.05. The highest BCUT2D eigenvalue weighted by molar-refractivity contribution is 5.39. The molecule has 0 amide bonds. The molecule has 0 saturated carbocycles. The molecule has 3 unspecified atom stereocenters. The summed E-state index contributed by atoms with van der Waals surface area (Å²) in [6.07, 6.45) is 15.6. The van der Waals surface area contributed by atoms with Gasteiger partial charge in [-0.3, -0.25) is 0 Å². The van der Waals surface area contributed by atoms with E-state index in [1.165, 1.54) is 37.7 Å². The standard InChI is InChI=1S/C22H35N/c1-6-21(17(5)22(23)15(2)3)20-13-11-19(12-14-20)18-9-7-16(4)8-10-18/h6-7,9,11,15,17,20,22H,8,10,12-14,23H2,1-5H3/b21-6+. The van der Waals surface area contributed by atoms with Crippen LogP contribution < -0.4 is 5.73 Å². The van der Waals surface area contributed by atoms with E-state index in [1.807, 2.05) is 0 Å². The molecule has 0 fully saturated rings. The van der Waals surface area contributed by atoms with Crippen molar-refractivity contribution in [1.82, 2.24) is 0 Å². The quantitative estimate of drug-likeness (QED) is 0.624. The van der Waals surface area contributed by atoms with Crippen molar-refractivity contribution >= 4 is 0 Å². The van der Waals surface area contributed by atoms with Gasteiger partial charge in [-0.15, -0.1) is 0 Å². The predicted molar refractivity (Wildman–Crippen MR) is 102 cm³/mol. The Morgan fingerprint density at radius 3 is 2.35 bits per heavy atom. The number of rotatable bonds is 5. The Hall–Kier alpha value is -1.08. The molecule has 2 N–H and O–H groups in total. The zero-order valence-corrected chi connectivity index (χ0v) is 15.7. The lowest BCUT2D eigenvalue weighted by Crippen LogP contribution is -2.36. The van der Waals surface area contributed by atoms with Crippen molar-refractivity contribution in [3.8, 4) is 0 Å². The average molecular weight is 314 g/mol. The van der Waals surface area contributed by atoms with E-state index in [9.17, 15) is 0 Å². The van der Waals surface area contributed by atoms with Crippen LogP contribution in [-0.4, -0.2) is 6.04 Å². The summed E-state index contributed by atoms with van der Waals surface area (Å²) in [5.74, 6) is 1.71. The zero-order chi connectivity index (χ0) is 17.0. The maximum Gasteiger partial charge on any atom is 0.0125 e. The van der Waals surface area contributed by atoms with Gasteiger partial charge >= 0.3 is 0 Å². The second kappa shape index (κ2) is 8.15. The molecule has 23 heavy (non-hydrogen) atoms. The molecule has 0 saturated heterocycles. The Morgan fingerprint density at radius 1 is 1.13 bits per heavy atom. The van der Waals surface area contributed by atoms with Crippen LogP contribution in [0, 0.1) is 17.8 Å². The Morgan fingerprint density at radius 2 is 1.87 bits per heavy atom. The second-order valence-corrected chi connectivity index (χ2v) is 7.80. The summed E-state index contributed by atoms with van der Waals surface area (Å²) in [6.45, 7) is 11.2. The zero-order valence-electron chi connectivity index (χ0n) is 15.7. The molecule has 0 aliphatic heterocycles. The van der Waals surface area contributed by atoms with Gasteiger partial charge in [-0.05, 0) is 74.9 Å². The summed E-state index contributed by atoms with van der Waals surface area (Å²) in [7, 11) is 0. The summed E-state index contributed by atoms with van der Waals surface area (Å²) >= 11 is 0. The number of hydrogen-bond donors (Lipinski definition) is 1. The molecular weight excluding hydrogens is 278 g/mol. The van der Waals surface area contributed by atoms with Gasteiger partial charge in [0.05, 0.1) is 0 Å². The van der Waals surface area contributed by atoms with Crippen LogP contribution in [0.3, 0.4) is 0 Å². The summed E-state index contributed by atoms with van der Waals surface area (Å²) in [4.78, 5) is 0. The van der Waals surface area contributed by atoms with Gasteiger partial charge in [-0.25, -0.2) is 0 Å². The maximum atomic E-state index is 6.43. The molecule has 0 spiro atoms. The van der Waals surface area contributed by atoms with Crippen molar-refractivity contribution in [3.63, 3.8) is 0 Å². The molecule has 2 aliphatic rings. The SMILES string of the molecule is C/C=C(/C1CC=C(C2=CC=C(C)CC2)CC1)C(C)C(N)C(C)C. The first-order chi connectivity index (χ1) is 10.9. The molecule has 0 aromatic carbocycles. The van der Waals surface area contributed by atoms with E-state index in [1.54, 1.807) is 16.7 Å². The van der Waals surface area contributed by atoms with E-state index < -0.39 is 0 Å². The highest BCUT2D eigenvalue weighted by Gasteiger charge is 2.27. The van der Waals surface area contributed by atoms with Crippen LogP contribution in [0.5, 0.6) is 0 Å². The first-order valence-corrected chi connectivity index (χ1v) is 9.41. The average Bonchev–Trinajstić information content (AvgIpc) is 2.56. The molecule has 1 heteroatoms. The largest absolute Gasteiger partial charge is 0.327 e. The maximum absolute atomic E-state index is 6.43. The molecule has 0 radical (unpaired) electrons. The van der Waals surface area contributed by atoms with E-state index in [0.717, 1.165) is 0 Å². The molecule has 2 rings (SSSR count). The third-order valence-electron chi connectivity index (χ3n) is 5.86. The van der Waals surface area contributed by atoms with E-state index in [-0.39, 0.29) is 6.04 Å². The van der Waals surface area contributed by atoms with Crippen LogP contribution in [-0.2, 0) is 0 Å². The predicted octanol–water partition coefficient (Wildman–Crippen LogP) is 5.95. The van der Waals surface area contributed by atoms with Gasteiger partial charge in [0.25, 0.3) is 0 Å². The van der Waals surface area contributed by atoms with Crippen molar-refractivity contribution in [2.75, 3.05) is 0 Å². The van der Waals surface area contributed by atoms with Crippen molar-refractivity contribution in [1.29, 1.82) is 0 Å². The first-order valence-electron chi connectivity index (χ1n) is 9.41. The van der Waals surface area contributed by atoms with Gasteiger partial charge in [0.15, 0.2) is 0 Å². The normalized spacial score (nSPS) is 25.6. The van der Waals surface area contributed by atoms with Gasteiger partial charge < -0.3 is 5.73 Å². The van der Waals surface area contributed by atoms with Crippen LogP contribution in [0.2, 0.25) is 0 Å². The van der Waals surface area contributed by atoms with E-state index in [4.69, 9.17) is 5.73 Å². The third kappa shape index (κ3) is 4.47. The minimum Gasteiger partial charge on any atom is -0.327 e. The van der Waals surface area contributed by atoms with Gasteiger partial charge in [-0.2, -0.15) is 0 Å². The van der Waals surface area contributed by atoms with Crippen molar-refractivity contribution < 1.29 is 0 Å². The van der Waals surface area contributed by atoms with Gasteiger partial charge in [-0.1, -0.05) is 56.2 Å². The molecule has 3 atom stereocenters.